The van der Waals surface area contributed by atoms with E-state index in [9.17, 15) is 10.1 Å². The summed E-state index contributed by atoms with van der Waals surface area (Å²) < 4.78 is 5.80. The second kappa shape index (κ2) is 6.28. The SMILES string of the molecule is N#CC(C(=O)N1CCOC2CCCCC21)c1ccccc1. The number of nitrogens with zero attached hydrogens (tertiary/aromatic N) is 2. The molecule has 2 aliphatic rings. The van der Waals surface area contributed by atoms with Crippen LogP contribution in [0.1, 0.15) is 37.2 Å². The Kier molecular flexibility index (Phi) is 4.21. The van der Waals surface area contributed by atoms with Gasteiger partial charge in [-0.05, 0) is 18.4 Å². The van der Waals surface area contributed by atoms with E-state index < -0.39 is 5.92 Å². The monoisotopic (exact) mass is 284 g/mol. The summed E-state index contributed by atoms with van der Waals surface area (Å²) in [5.74, 6) is -0.768. The van der Waals surface area contributed by atoms with Crippen LogP contribution in [0, 0.1) is 11.3 Å². The van der Waals surface area contributed by atoms with Gasteiger partial charge in [0.25, 0.3) is 0 Å². The smallest absolute Gasteiger partial charge is 0.244 e. The minimum Gasteiger partial charge on any atom is -0.374 e. The molecule has 1 heterocycles. The Labute approximate surface area is 125 Å². The summed E-state index contributed by atoms with van der Waals surface area (Å²) in [6.07, 6.45) is 4.48. The van der Waals surface area contributed by atoms with Gasteiger partial charge in [-0.1, -0.05) is 43.2 Å². The average molecular weight is 284 g/mol. The summed E-state index contributed by atoms with van der Waals surface area (Å²) in [7, 11) is 0. The predicted octanol–water partition coefficient (Wildman–Crippen LogP) is 2.46. The molecule has 21 heavy (non-hydrogen) atoms. The molecule has 1 saturated carbocycles. The van der Waals surface area contributed by atoms with Crippen molar-refractivity contribution in [3.05, 3.63) is 35.9 Å². The Bertz CT molecular complexity index is 535. The van der Waals surface area contributed by atoms with E-state index >= 15 is 0 Å². The lowest BCUT2D eigenvalue weighted by Gasteiger charge is -2.44. The molecule has 3 rings (SSSR count). The van der Waals surface area contributed by atoms with Crippen LogP contribution in [-0.2, 0) is 9.53 Å². The maximum absolute atomic E-state index is 12.8. The Morgan fingerprint density at radius 2 is 2.05 bits per heavy atom. The molecule has 3 atom stereocenters. The van der Waals surface area contributed by atoms with Crippen molar-refractivity contribution in [1.82, 2.24) is 4.90 Å². The maximum atomic E-state index is 12.8. The predicted molar refractivity (Wildman–Crippen MR) is 78.5 cm³/mol. The van der Waals surface area contributed by atoms with Crippen molar-refractivity contribution >= 4 is 5.91 Å². The Morgan fingerprint density at radius 3 is 2.81 bits per heavy atom. The second-order valence-corrected chi connectivity index (χ2v) is 5.77. The van der Waals surface area contributed by atoms with Crippen molar-refractivity contribution in [2.24, 2.45) is 0 Å². The highest BCUT2D eigenvalue weighted by Gasteiger charge is 2.39. The fourth-order valence-electron chi connectivity index (χ4n) is 3.45. The molecular weight excluding hydrogens is 264 g/mol. The van der Waals surface area contributed by atoms with Crippen LogP contribution in [0.3, 0.4) is 0 Å². The number of hydrogen-bond acceptors (Lipinski definition) is 3. The van der Waals surface area contributed by atoms with E-state index in [-0.39, 0.29) is 18.1 Å². The number of hydrogen-bond donors (Lipinski definition) is 0. The average Bonchev–Trinajstić information content (AvgIpc) is 2.56. The largest absolute Gasteiger partial charge is 0.374 e. The molecule has 4 heteroatoms. The first-order valence-corrected chi connectivity index (χ1v) is 7.68. The summed E-state index contributed by atoms with van der Waals surface area (Å²) in [5.41, 5.74) is 0.781. The van der Waals surface area contributed by atoms with Gasteiger partial charge in [0.15, 0.2) is 0 Å². The fourth-order valence-corrected chi connectivity index (χ4v) is 3.45. The van der Waals surface area contributed by atoms with Crippen LogP contribution in [0.2, 0.25) is 0 Å². The van der Waals surface area contributed by atoms with E-state index in [0.717, 1.165) is 24.8 Å². The Morgan fingerprint density at radius 1 is 1.29 bits per heavy atom. The number of amides is 1. The number of morpholine rings is 1. The number of benzene rings is 1. The Balaban J connectivity index is 1.81. The highest BCUT2D eigenvalue weighted by Crippen LogP contribution is 2.30. The standard InChI is InChI=1S/C17H20N2O2/c18-12-14(13-6-2-1-3-7-13)17(20)19-10-11-21-16-9-5-4-8-15(16)19/h1-3,6-7,14-16H,4-5,8-11H2. The van der Waals surface area contributed by atoms with E-state index in [2.05, 4.69) is 6.07 Å². The van der Waals surface area contributed by atoms with Crippen LogP contribution < -0.4 is 0 Å². The molecule has 4 nitrogen and oxygen atoms in total. The van der Waals surface area contributed by atoms with Crippen molar-refractivity contribution in [1.29, 1.82) is 5.26 Å². The first-order valence-electron chi connectivity index (χ1n) is 7.68. The van der Waals surface area contributed by atoms with Crippen molar-refractivity contribution in [3.63, 3.8) is 0 Å². The van der Waals surface area contributed by atoms with Crippen LogP contribution >= 0.6 is 0 Å². The van der Waals surface area contributed by atoms with Crippen LogP contribution in [0.25, 0.3) is 0 Å². The molecule has 2 fully saturated rings. The molecule has 0 bridgehead atoms. The topological polar surface area (TPSA) is 53.3 Å². The summed E-state index contributed by atoms with van der Waals surface area (Å²) in [4.78, 5) is 14.7. The number of fused-ring (bicyclic) bond motifs is 1. The third-order valence-electron chi connectivity index (χ3n) is 4.52. The molecule has 1 aromatic carbocycles. The molecule has 1 aliphatic heterocycles. The van der Waals surface area contributed by atoms with E-state index in [1.54, 1.807) is 0 Å². The van der Waals surface area contributed by atoms with Crippen LogP contribution in [0.15, 0.2) is 30.3 Å². The molecule has 1 amide bonds. The van der Waals surface area contributed by atoms with Crippen LogP contribution in [-0.4, -0.2) is 36.1 Å². The van der Waals surface area contributed by atoms with Gasteiger partial charge < -0.3 is 9.64 Å². The van der Waals surface area contributed by atoms with E-state index in [4.69, 9.17) is 4.74 Å². The molecule has 1 aromatic rings. The quantitative estimate of drug-likeness (QED) is 0.838. The maximum Gasteiger partial charge on any atom is 0.244 e. The van der Waals surface area contributed by atoms with Gasteiger partial charge in [-0.3, -0.25) is 4.79 Å². The summed E-state index contributed by atoms with van der Waals surface area (Å²) in [6.45, 7) is 1.19. The van der Waals surface area contributed by atoms with Gasteiger partial charge in [0.05, 0.1) is 24.8 Å². The first kappa shape index (κ1) is 14.1. The number of rotatable bonds is 2. The minimum atomic E-state index is -0.702. The fraction of sp³-hybridized carbons (Fsp3) is 0.529. The van der Waals surface area contributed by atoms with Gasteiger partial charge in [0.2, 0.25) is 5.91 Å². The van der Waals surface area contributed by atoms with Crippen LogP contribution in [0.4, 0.5) is 0 Å². The molecule has 0 aromatic heterocycles. The van der Waals surface area contributed by atoms with Gasteiger partial charge in [0.1, 0.15) is 5.92 Å². The van der Waals surface area contributed by atoms with Crippen molar-refractivity contribution in [3.8, 4) is 6.07 Å². The number of ether oxygens (including phenoxy) is 1. The van der Waals surface area contributed by atoms with Crippen molar-refractivity contribution < 1.29 is 9.53 Å². The number of carbonyl (C=O) groups excluding carboxylic acids is 1. The zero-order valence-corrected chi connectivity index (χ0v) is 12.1. The van der Waals surface area contributed by atoms with E-state index in [1.165, 1.54) is 6.42 Å². The third kappa shape index (κ3) is 2.79. The van der Waals surface area contributed by atoms with Gasteiger partial charge in [0, 0.05) is 6.54 Å². The van der Waals surface area contributed by atoms with Crippen molar-refractivity contribution in [2.45, 2.75) is 43.7 Å². The van der Waals surface area contributed by atoms with E-state index in [1.807, 2.05) is 35.2 Å². The molecule has 0 N–H and O–H groups in total. The first-order chi connectivity index (χ1) is 10.3. The molecule has 1 aliphatic carbocycles. The third-order valence-corrected chi connectivity index (χ3v) is 4.52. The molecule has 0 radical (unpaired) electrons. The highest BCUT2D eigenvalue weighted by molar-refractivity contribution is 5.87. The molecule has 3 unspecified atom stereocenters. The van der Waals surface area contributed by atoms with Gasteiger partial charge in [-0.25, -0.2) is 0 Å². The normalized spacial score (nSPS) is 26.5. The summed E-state index contributed by atoms with van der Waals surface area (Å²) in [5, 5.41) is 9.45. The van der Waals surface area contributed by atoms with Gasteiger partial charge in [-0.15, -0.1) is 0 Å². The highest BCUT2D eigenvalue weighted by atomic mass is 16.5. The molecule has 1 saturated heterocycles. The summed E-state index contributed by atoms with van der Waals surface area (Å²) >= 11 is 0. The second-order valence-electron chi connectivity index (χ2n) is 5.77. The van der Waals surface area contributed by atoms with Gasteiger partial charge in [-0.2, -0.15) is 5.26 Å². The van der Waals surface area contributed by atoms with Crippen LogP contribution in [0.5, 0.6) is 0 Å². The zero-order valence-electron chi connectivity index (χ0n) is 12.1. The lowest BCUT2D eigenvalue weighted by molar-refractivity contribution is -0.149. The van der Waals surface area contributed by atoms with E-state index in [0.29, 0.717) is 13.2 Å². The minimum absolute atomic E-state index is 0.0658. The lowest BCUT2D eigenvalue weighted by Crippen LogP contribution is -2.55. The summed E-state index contributed by atoms with van der Waals surface area (Å²) in [6, 6.07) is 11.7. The van der Waals surface area contributed by atoms with Crippen molar-refractivity contribution in [2.75, 3.05) is 13.2 Å². The molecule has 110 valence electrons. The Hall–Kier alpha value is -1.86. The zero-order chi connectivity index (χ0) is 14.7. The molecule has 0 spiro atoms. The number of carbonyl (C=O) groups is 1. The van der Waals surface area contributed by atoms with Gasteiger partial charge >= 0.3 is 0 Å². The molecular formula is C17H20N2O2. The lowest BCUT2D eigenvalue weighted by atomic mass is 9.88. The number of nitriles is 1.